The molecule has 0 aliphatic carbocycles. The number of carbonyl (C=O) groups excluding carboxylic acids is 1. The van der Waals surface area contributed by atoms with E-state index in [1.54, 1.807) is 6.92 Å². The van der Waals surface area contributed by atoms with Gasteiger partial charge in [-0.2, -0.15) is 5.26 Å². The molecular formula is C12H18N2O. The SMILES string of the molecule is C#CCCCCNC(=O)C(C)(C#N)CC. The van der Waals surface area contributed by atoms with Crippen molar-refractivity contribution < 1.29 is 4.79 Å². The second-order valence-electron chi connectivity index (χ2n) is 3.71. The quantitative estimate of drug-likeness (QED) is 0.532. The van der Waals surface area contributed by atoms with Crippen molar-refractivity contribution >= 4 is 5.91 Å². The molecule has 3 heteroatoms. The van der Waals surface area contributed by atoms with Crippen LogP contribution < -0.4 is 5.32 Å². The zero-order valence-electron chi connectivity index (χ0n) is 9.47. The van der Waals surface area contributed by atoms with Gasteiger partial charge >= 0.3 is 0 Å². The van der Waals surface area contributed by atoms with Gasteiger partial charge < -0.3 is 5.32 Å². The number of carbonyl (C=O) groups is 1. The predicted octanol–water partition coefficient (Wildman–Crippen LogP) is 1.85. The molecule has 1 amide bonds. The summed E-state index contributed by atoms with van der Waals surface area (Å²) in [4.78, 5) is 11.6. The molecule has 0 heterocycles. The van der Waals surface area contributed by atoms with Gasteiger partial charge in [0.05, 0.1) is 6.07 Å². The molecule has 1 atom stereocenters. The number of nitrogens with zero attached hydrogens (tertiary/aromatic N) is 1. The van der Waals surface area contributed by atoms with Crippen molar-refractivity contribution in [2.45, 2.75) is 39.5 Å². The smallest absolute Gasteiger partial charge is 0.240 e. The molecular weight excluding hydrogens is 188 g/mol. The fraction of sp³-hybridized carbons (Fsp3) is 0.667. The number of unbranched alkanes of at least 4 members (excludes halogenated alkanes) is 2. The first-order valence-electron chi connectivity index (χ1n) is 5.23. The average Bonchev–Trinajstić information content (AvgIpc) is 2.27. The average molecular weight is 206 g/mol. The monoisotopic (exact) mass is 206 g/mol. The van der Waals surface area contributed by atoms with Gasteiger partial charge in [0, 0.05) is 13.0 Å². The Labute approximate surface area is 91.9 Å². The Bertz CT molecular complexity index is 285. The highest BCUT2D eigenvalue weighted by atomic mass is 16.2. The van der Waals surface area contributed by atoms with Gasteiger partial charge in [-0.3, -0.25) is 4.79 Å². The van der Waals surface area contributed by atoms with E-state index in [1.165, 1.54) is 0 Å². The lowest BCUT2D eigenvalue weighted by Gasteiger charge is -2.18. The molecule has 0 aliphatic heterocycles. The molecule has 0 aromatic heterocycles. The van der Waals surface area contributed by atoms with Crippen LogP contribution in [0.15, 0.2) is 0 Å². The van der Waals surface area contributed by atoms with Crippen molar-refractivity contribution in [3.05, 3.63) is 0 Å². The zero-order valence-corrected chi connectivity index (χ0v) is 9.47. The van der Waals surface area contributed by atoms with E-state index in [1.807, 2.05) is 13.0 Å². The molecule has 0 radical (unpaired) electrons. The molecule has 3 nitrogen and oxygen atoms in total. The topological polar surface area (TPSA) is 52.9 Å². The molecule has 0 bridgehead atoms. The number of hydrogen-bond acceptors (Lipinski definition) is 2. The van der Waals surface area contributed by atoms with Crippen molar-refractivity contribution in [1.82, 2.24) is 5.32 Å². The molecule has 1 unspecified atom stereocenters. The zero-order chi connectivity index (χ0) is 11.7. The van der Waals surface area contributed by atoms with Crippen LogP contribution in [-0.2, 0) is 4.79 Å². The minimum absolute atomic E-state index is 0.187. The van der Waals surface area contributed by atoms with E-state index in [9.17, 15) is 4.79 Å². The fourth-order valence-electron chi connectivity index (χ4n) is 1.04. The molecule has 0 aromatic rings. The van der Waals surface area contributed by atoms with Crippen LogP contribution >= 0.6 is 0 Å². The van der Waals surface area contributed by atoms with Gasteiger partial charge in [-0.15, -0.1) is 12.3 Å². The summed E-state index contributed by atoms with van der Waals surface area (Å²) in [5.74, 6) is 2.36. The lowest BCUT2D eigenvalue weighted by molar-refractivity contribution is -0.127. The van der Waals surface area contributed by atoms with Crippen molar-refractivity contribution in [2.75, 3.05) is 6.54 Å². The molecule has 0 saturated carbocycles. The summed E-state index contributed by atoms with van der Waals surface area (Å²) in [6.45, 7) is 4.09. The highest BCUT2D eigenvalue weighted by Crippen LogP contribution is 2.19. The van der Waals surface area contributed by atoms with Crippen LogP contribution in [0.5, 0.6) is 0 Å². The van der Waals surface area contributed by atoms with Gasteiger partial charge in [-0.25, -0.2) is 0 Å². The molecule has 82 valence electrons. The summed E-state index contributed by atoms with van der Waals surface area (Å²) in [7, 11) is 0. The van der Waals surface area contributed by atoms with Crippen LogP contribution in [0.1, 0.15) is 39.5 Å². The Morgan fingerprint density at radius 2 is 2.20 bits per heavy atom. The number of hydrogen-bond donors (Lipinski definition) is 1. The normalized spacial score (nSPS) is 13.3. The number of nitriles is 1. The minimum atomic E-state index is -0.897. The van der Waals surface area contributed by atoms with Crippen LogP contribution in [0, 0.1) is 29.1 Å². The third-order valence-electron chi connectivity index (χ3n) is 2.49. The number of rotatable bonds is 6. The van der Waals surface area contributed by atoms with E-state index in [4.69, 9.17) is 11.7 Å². The second kappa shape index (κ2) is 6.90. The van der Waals surface area contributed by atoms with E-state index in [0.717, 1.165) is 19.3 Å². The van der Waals surface area contributed by atoms with Gasteiger partial charge in [0.25, 0.3) is 0 Å². The van der Waals surface area contributed by atoms with E-state index in [-0.39, 0.29) is 5.91 Å². The Morgan fingerprint density at radius 3 is 2.67 bits per heavy atom. The first-order valence-corrected chi connectivity index (χ1v) is 5.23. The van der Waals surface area contributed by atoms with Crippen molar-refractivity contribution in [1.29, 1.82) is 5.26 Å². The summed E-state index contributed by atoms with van der Waals surface area (Å²) in [5, 5.41) is 11.6. The van der Waals surface area contributed by atoms with Crippen LogP contribution in [-0.4, -0.2) is 12.5 Å². The number of nitrogens with one attached hydrogen (secondary N) is 1. The third kappa shape index (κ3) is 4.51. The van der Waals surface area contributed by atoms with Gasteiger partial charge in [0.2, 0.25) is 5.91 Å². The summed E-state index contributed by atoms with van der Waals surface area (Å²) < 4.78 is 0. The van der Waals surface area contributed by atoms with Crippen LogP contribution in [0.4, 0.5) is 0 Å². The predicted molar refractivity (Wildman–Crippen MR) is 59.7 cm³/mol. The largest absolute Gasteiger partial charge is 0.355 e. The Kier molecular flexibility index (Phi) is 6.22. The third-order valence-corrected chi connectivity index (χ3v) is 2.49. The molecule has 0 saturated heterocycles. The molecule has 0 fully saturated rings. The van der Waals surface area contributed by atoms with Crippen LogP contribution in [0.3, 0.4) is 0 Å². The van der Waals surface area contributed by atoms with Gasteiger partial charge in [0.1, 0.15) is 5.41 Å². The van der Waals surface area contributed by atoms with Crippen LogP contribution in [0.25, 0.3) is 0 Å². The maximum Gasteiger partial charge on any atom is 0.240 e. The lowest BCUT2D eigenvalue weighted by atomic mass is 9.88. The number of terminal acetylenes is 1. The van der Waals surface area contributed by atoms with Crippen molar-refractivity contribution in [3.63, 3.8) is 0 Å². The lowest BCUT2D eigenvalue weighted by Crippen LogP contribution is -2.38. The first kappa shape index (κ1) is 13.5. The van der Waals surface area contributed by atoms with E-state index in [0.29, 0.717) is 13.0 Å². The summed E-state index contributed by atoms with van der Waals surface area (Å²) >= 11 is 0. The standard InChI is InChI=1S/C12H18N2O/c1-4-6-7-8-9-14-11(15)12(3,5-2)10-13/h1H,5-9H2,2-3H3,(H,14,15). The van der Waals surface area contributed by atoms with E-state index in [2.05, 4.69) is 11.2 Å². The summed E-state index contributed by atoms with van der Waals surface area (Å²) in [6.07, 6.45) is 8.14. The van der Waals surface area contributed by atoms with E-state index >= 15 is 0 Å². The minimum Gasteiger partial charge on any atom is -0.355 e. The maximum absolute atomic E-state index is 11.6. The maximum atomic E-state index is 11.6. The van der Waals surface area contributed by atoms with Gasteiger partial charge in [-0.05, 0) is 26.2 Å². The second-order valence-corrected chi connectivity index (χ2v) is 3.71. The molecule has 0 aromatic carbocycles. The molecule has 1 N–H and O–H groups in total. The molecule has 0 rings (SSSR count). The molecule has 0 spiro atoms. The highest BCUT2D eigenvalue weighted by Gasteiger charge is 2.30. The highest BCUT2D eigenvalue weighted by molar-refractivity contribution is 5.84. The summed E-state index contributed by atoms with van der Waals surface area (Å²) in [6, 6.07) is 2.04. The molecule has 15 heavy (non-hydrogen) atoms. The first-order chi connectivity index (χ1) is 7.10. The fourth-order valence-corrected chi connectivity index (χ4v) is 1.04. The van der Waals surface area contributed by atoms with Gasteiger partial charge in [0.15, 0.2) is 0 Å². The number of amides is 1. The summed E-state index contributed by atoms with van der Waals surface area (Å²) in [5.41, 5.74) is -0.897. The Hall–Kier alpha value is -1.48. The van der Waals surface area contributed by atoms with Gasteiger partial charge in [-0.1, -0.05) is 6.92 Å². The van der Waals surface area contributed by atoms with Crippen molar-refractivity contribution in [2.24, 2.45) is 5.41 Å². The Balaban J connectivity index is 3.85. The Morgan fingerprint density at radius 1 is 1.53 bits per heavy atom. The molecule has 0 aliphatic rings. The van der Waals surface area contributed by atoms with Crippen molar-refractivity contribution in [3.8, 4) is 18.4 Å². The van der Waals surface area contributed by atoms with E-state index < -0.39 is 5.41 Å². The van der Waals surface area contributed by atoms with Crippen LogP contribution in [0.2, 0.25) is 0 Å².